The highest BCUT2D eigenvalue weighted by atomic mass is 35.5. The molecule has 0 spiro atoms. The molecule has 0 radical (unpaired) electrons. The maximum Gasteiger partial charge on any atom is 0.332 e. The lowest BCUT2D eigenvalue weighted by Crippen LogP contribution is -2.15. The van der Waals surface area contributed by atoms with Gasteiger partial charge in [0.2, 0.25) is 0 Å². The summed E-state index contributed by atoms with van der Waals surface area (Å²) in [6.07, 6.45) is 4.40. The number of nitrogens with zero attached hydrogens (tertiary/aromatic N) is 4. The van der Waals surface area contributed by atoms with E-state index in [0.29, 0.717) is 58.0 Å². The maximum atomic E-state index is 12.6. The van der Waals surface area contributed by atoms with Crippen LogP contribution in [0.1, 0.15) is 12.8 Å². The number of aliphatic hydroxyl groups excluding tert-OH is 1. The molecule has 1 aromatic carbocycles. The summed E-state index contributed by atoms with van der Waals surface area (Å²) in [5.74, 6) is 0.537. The Morgan fingerprint density at radius 1 is 1.26 bits per heavy atom. The number of H-pyrrole nitrogens is 1. The fraction of sp³-hybridized carbons (Fsp3) is 0.222. The number of rotatable bonds is 6. The first-order chi connectivity index (χ1) is 13.2. The molecule has 4 rings (SSSR count). The number of imidazole rings is 1. The third-order valence-corrected chi connectivity index (χ3v) is 4.48. The third kappa shape index (κ3) is 3.24. The van der Waals surface area contributed by atoms with Gasteiger partial charge in [0.25, 0.3) is 0 Å². The Balaban J connectivity index is 1.85. The zero-order chi connectivity index (χ0) is 18.8. The van der Waals surface area contributed by atoms with Crippen LogP contribution in [0, 0.1) is 0 Å². The number of halogens is 1. The summed E-state index contributed by atoms with van der Waals surface area (Å²) in [7, 11) is 0. The summed E-state index contributed by atoms with van der Waals surface area (Å²) in [6.45, 7) is 0.545. The van der Waals surface area contributed by atoms with Crippen LogP contribution >= 0.6 is 11.6 Å². The van der Waals surface area contributed by atoms with E-state index < -0.39 is 0 Å². The number of nitrogens with one attached hydrogen (secondary N) is 1. The van der Waals surface area contributed by atoms with Crippen molar-refractivity contribution in [1.82, 2.24) is 24.7 Å². The van der Waals surface area contributed by atoms with Crippen molar-refractivity contribution >= 4 is 33.7 Å². The molecular formula is C18H16ClN5O3. The highest BCUT2D eigenvalue weighted by molar-refractivity contribution is 6.35. The van der Waals surface area contributed by atoms with Gasteiger partial charge in [-0.1, -0.05) is 11.6 Å². The van der Waals surface area contributed by atoms with Crippen LogP contribution in [0.2, 0.25) is 5.02 Å². The van der Waals surface area contributed by atoms with Crippen molar-refractivity contribution in [3.8, 4) is 11.4 Å². The van der Waals surface area contributed by atoms with Crippen LogP contribution in [0.3, 0.4) is 0 Å². The van der Waals surface area contributed by atoms with Crippen molar-refractivity contribution in [2.75, 3.05) is 13.2 Å². The smallest absolute Gasteiger partial charge is 0.332 e. The van der Waals surface area contributed by atoms with E-state index in [4.69, 9.17) is 21.4 Å². The Morgan fingerprint density at radius 2 is 2.15 bits per heavy atom. The van der Waals surface area contributed by atoms with Crippen LogP contribution in [-0.2, 0) is 0 Å². The highest BCUT2D eigenvalue weighted by Crippen LogP contribution is 2.27. The lowest BCUT2D eigenvalue weighted by molar-refractivity contribution is 0.254. The lowest BCUT2D eigenvalue weighted by Gasteiger charge is -2.10. The molecule has 0 unspecified atom stereocenters. The predicted molar refractivity (Wildman–Crippen MR) is 102 cm³/mol. The van der Waals surface area contributed by atoms with Crippen LogP contribution in [0.5, 0.6) is 5.75 Å². The van der Waals surface area contributed by atoms with Gasteiger partial charge in [0.1, 0.15) is 11.3 Å². The van der Waals surface area contributed by atoms with Gasteiger partial charge in [-0.25, -0.2) is 9.78 Å². The van der Waals surface area contributed by atoms with Gasteiger partial charge in [-0.15, -0.1) is 0 Å². The molecule has 0 amide bonds. The molecule has 138 valence electrons. The maximum absolute atomic E-state index is 12.6. The predicted octanol–water partition coefficient (Wildman–Crippen LogP) is 2.46. The molecule has 0 saturated carbocycles. The summed E-state index contributed by atoms with van der Waals surface area (Å²) in [4.78, 5) is 19.6. The average Bonchev–Trinajstić information content (AvgIpc) is 3.02. The van der Waals surface area contributed by atoms with Gasteiger partial charge >= 0.3 is 5.69 Å². The molecule has 3 aromatic heterocycles. The summed E-state index contributed by atoms with van der Waals surface area (Å²) >= 11 is 6.22. The fourth-order valence-electron chi connectivity index (χ4n) is 2.91. The van der Waals surface area contributed by atoms with Crippen molar-refractivity contribution in [3.05, 3.63) is 52.2 Å². The number of unbranched alkanes of at least 4 members (excludes halogenated alkanes) is 1. The van der Waals surface area contributed by atoms with Crippen LogP contribution in [0.4, 0.5) is 0 Å². The second kappa shape index (κ2) is 7.34. The van der Waals surface area contributed by atoms with Crippen LogP contribution < -0.4 is 10.4 Å². The Hall–Kier alpha value is -2.97. The van der Waals surface area contributed by atoms with Crippen LogP contribution in [0.15, 0.2) is 41.5 Å². The minimum Gasteiger partial charge on any atom is -0.491 e. The minimum atomic E-state index is -0.332. The number of benzene rings is 1. The largest absolute Gasteiger partial charge is 0.491 e. The van der Waals surface area contributed by atoms with Crippen molar-refractivity contribution in [1.29, 1.82) is 0 Å². The number of hydrogen-bond acceptors (Lipinski definition) is 6. The van der Waals surface area contributed by atoms with Gasteiger partial charge in [-0.2, -0.15) is 10.2 Å². The minimum absolute atomic E-state index is 0.116. The number of aliphatic hydroxyl groups is 1. The van der Waals surface area contributed by atoms with Gasteiger partial charge in [-0.3, -0.25) is 9.55 Å². The second-order valence-electron chi connectivity index (χ2n) is 5.94. The van der Waals surface area contributed by atoms with Crippen LogP contribution in [0.25, 0.3) is 27.8 Å². The molecule has 4 aromatic rings. The Bertz CT molecular complexity index is 1170. The normalized spacial score (nSPS) is 11.3. The second-order valence-corrected chi connectivity index (χ2v) is 6.35. The van der Waals surface area contributed by atoms with Crippen molar-refractivity contribution in [2.24, 2.45) is 0 Å². The number of hydrogen-bond donors (Lipinski definition) is 2. The van der Waals surface area contributed by atoms with E-state index >= 15 is 0 Å². The summed E-state index contributed by atoms with van der Waals surface area (Å²) < 4.78 is 7.33. The molecule has 0 aliphatic rings. The van der Waals surface area contributed by atoms with E-state index in [2.05, 4.69) is 20.2 Å². The van der Waals surface area contributed by atoms with Gasteiger partial charge in [0.15, 0.2) is 5.65 Å². The van der Waals surface area contributed by atoms with Gasteiger partial charge in [-0.05, 0) is 31.0 Å². The monoisotopic (exact) mass is 385 g/mol. The van der Waals surface area contributed by atoms with E-state index in [1.807, 2.05) is 0 Å². The molecule has 0 saturated heterocycles. The first kappa shape index (κ1) is 17.4. The molecule has 0 fully saturated rings. The van der Waals surface area contributed by atoms with E-state index in [-0.39, 0.29) is 12.3 Å². The standard InChI is InChI=1S/C18H16ClN5O3/c19-13-10-21-23-14-4-3-11(9-12(13)14)24-16-15(27-8-2-1-7-25)5-6-20-17(16)22-18(24)26/h3-6,9-10,25H,1-2,7-8H2,(H,20,22,26). The molecule has 0 atom stereocenters. The summed E-state index contributed by atoms with van der Waals surface area (Å²) in [5.41, 5.74) is 1.89. The zero-order valence-electron chi connectivity index (χ0n) is 14.2. The SMILES string of the molecule is O=c1[nH]c2nccc(OCCCCO)c2n1-c1ccc2nncc(Cl)c2c1. The van der Waals surface area contributed by atoms with Crippen molar-refractivity contribution in [3.63, 3.8) is 0 Å². The molecule has 27 heavy (non-hydrogen) atoms. The Labute approximate surface area is 158 Å². The number of pyridine rings is 1. The van der Waals surface area contributed by atoms with Crippen molar-refractivity contribution < 1.29 is 9.84 Å². The molecule has 0 aliphatic heterocycles. The number of aromatic amines is 1. The molecule has 2 N–H and O–H groups in total. The quantitative estimate of drug-likeness (QED) is 0.494. The van der Waals surface area contributed by atoms with Crippen molar-refractivity contribution in [2.45, 2.75) is 12.8 Å². The summed E-state index contributed by atoms with van der Waals surface area (Å²) in [6, 6.07) is 7.02. The topological polar surface area (TPSA) is 106 Å². The zero-order valence-corrected chi connectivity index (χ0v) is 15.0. The lowest BCUT2D eigenvalue weighted by atomic mass is 10.2. The number of ether oxygens (including phenoxy) is 1. The van der Waals surface area contributed by atoms with E-state index in [9.17, 15) is 4.79 Å². The van der Waals surface area contributed by atoms with Gasteiger partial charge < -0.3 is 9.84 Å². The van der Waals surface area contributed by atoms with Crippen LogP contribution in [-0.4, -0.2) is 43.1 Å². The fourth-order valence-corrected chi connectivity index (χ4v) is 3.11. The van der Waals surface area contributed by atoms with E-state index in [0.717, 1.165) is 0 Å². The third-order valence-electron chi connectivity index (χ3n) is 4.18. The Morgan fingerprint density at radius 3 is 3.00 bits per heavy atom. The molecular weight excluding hydrogens is 370 g/mol. The molecule has 0 aliphatic carbocycles. The molecule has 9 heteroatoms. The average molecular weight is 386 g/mol. The Kier molecular flexibility index (Phi) is 4.74. The van der Waals surface area contributed by atoms with E-state index in [1.165, 1.54) is 10.8 Å². The van der Waals surface area contributed by atoms with E-state index in [1.54, 1.807) is 30.5 Å². The van der Waals surface area contributed by atoms with Gasteiger partial charge in [0, 0.05) is 24.3 Å². The molecule has 8 nitrogen and oxygen atoms in total. The molecule has 0 bridgehead atoms. The first-order valence-electron chi connectivity index (χ1n) is 8.44. The molecule has 3 heterocycles. The number of aromatic nitrogens is 5. The summed E-state index contributed by atoms with van der Waals surface area (Å²) in [5, 5.41) is 17.9. The first-order valence-corrected chi connectivity index (χ1v) is 8.81. The number of fused-ring (bicyclic) bond motifs is 2. The van der Waals surface area contributed by atoms with Gasteiger partial charge in [0.05, 0.1) is 29.0 Å². The highest BCUT2D eigenvalue weighted by Gasteiger charge is 2.16.